The van der Waals surface area contributed by atoms with Gasteiger partial charge in [-0.15, -0.1) is 0 Å². The molecule has 6 nitrogen and oxygen atoms in total. The van der Waals surface area contributed by atoms with Gasteiger partial charge in [-0.05, 0) is 42.7 Å². The van der Waals surface area contributed by atoms with Crippen LogP contribution in [0.4, 0.5) is 0 Å². The molecule has 0 unspecified atom stereocenters. The molecule has 0 radical (unpaired) electrons. The number of rotatable bonds is 7. The van der Waals surface area contributed by atoms with E-state index >= 15 is 0 Å². The normalized spacial score (nSPS) is 15.4. The van der Waals surface area contributed by atoms with E-state index in [1.807, 2.05) is 36.9 Å². The van der Waals surface area contributed by atoms with Crippen molar-refractivity contribution in [2.75, 3.05) is 32.7 Å². The van der Waals surface area contributed by atoms with Crippen molar-refractivity contribution in [3.05, 3.63) is 65.2 Å². The van der Waals surface area contributed by atoms with E-state index in [0.717, 1.165) is 30.8 Å². The summed E-state index contributed by atoms with van der Waals surface area (Å²) in [6.07, 6.45) is 0.169. The predicted octanol–water partition coefficient (Wildman–Crippen LogP) is 2.32. The van der Waals surface area contributed by atoms with Crippen LogP contribution >= 0.6 is 0 Å². The van der Waals surface area contributed by atoms with E-state index in [1.165, 1.54) is 5.56 Å². The zero-order valence-electron chi connectivity index (χ0n) is 17.1. The van der Waals surface area contributed by atoms with E-state index in [4.69, 9.17) is 0 Å². The lowest BCUT2D eigenvalue weighted by Crippen LogP contribution is -2.48. The number of aryl methyl sites for hydroxylation is 2. The molecule has 29 heavy (non-hydrogen) atoms. The molecule has 0 aromatic heterocycles. The van der Waals surface area contributed by atoms with Gasteiger partial charge in [0.1, 0.15) is 0 Å². The molecule has 1 fully saturated rings. The Balaban J connectivity index is 1.43. The lowest BCUT2D eigenvalue weighted by molar-refractivity contribution is -0.132. The molecule has 0 saturated carbocycles. The third-order valence-electron chi connectivity index (χ3n) is 5.39. The number of piperazine rings is 1. The van der Waals surface area contributed by atoms with E-state index in [9.17, 15) is 13.2 Å². The minimum atomic E-state index is -3.60. The Bertz CT molecular complexity index is 937. The number of sulfonamides is 1. The number of benzene rings is 2. The van der Waals surface area contributed by atoms with Crippen molar-refractivity contribution in [3.63, 3.8) is 0 Å². The lowest BCUT2D eigenvalue weighted by atomic mass is 10.1. The van der Waals surface area contributed by atoms with Crippen LogP contribution in [0.1, 0.15) is 23.1 Å². The molecule has 2 aromatic rings. The highest BCUT2D eigenvalue weighted by Gasteiger charge is 2.22. The van der Waals surface area contributed by atoms with Crippen molar-refractivity contribution in [2.24, 2.45) is 0 Å². The number of nitrogens with one attached hydrogen (secondary N) is 1. The summed E-state index contributed by atoms with van der Waals surface area (Å²) in [7, 11) is -3.60. The van der Waals surface area contributed by atoms with Gasteiger partial charge in [-0.25, -0.2) is 13.1 Å². The second-order valence-corrected chi connectivity index (χ2v) is 9.30. The van der Waals surface area contributed by atoms with E-state index < -0.39 is 10.0 Å². The fourth-order valence-electron chi connectivity index (χ4n) is 3.41. The standard InChI is InChI=1S/C22H29N3O3S/c1-18-8-9-21(16-19(18)2)29(27,28)23-11-10-22(26)25-14-12-24(13-15-25)17-20-6-4-3-5-7-20/h3-9,16,23H,10-15,17H2,1-2H3. The van der Waals surface area contributed by atoms with Crippen molar-refractivity contribution in [1.29, 1.82) is 0 Å². The fourth-order valence-corrected chi connectivity index (χ4v) is 4.53. The Morgan fingerprint density at radius 3 is 2.31 bits per heavy atom. The molecule has 0 atom stereocenters. The Hall–Kier alpha value is -2.22. The predicted molar refractivity (Wildman–Crippen MR) is 114 cm³/mol. The minimum Gasteiger partial charge on any atom is -0.340 e. The van der Waals surface area contributed by atoms with Gasteiger partial charge in [-0.2, -0.15) is 0 Å². The van der Waals surface area contributed by atoms with Crippen LogP contribution in [-0.2, 0) is 21.4 Å². The highest BCUT2D eigenvalue weighted by Crippen LogP contribution is 2.15. The van der Waals surface area contributed by atoms with Crippen molar-refractivity contribution in [1.82, 2.24) is 14.5 Å². The van der Waals surface area contributed by atoms with E-state index in [-0.39, 0.29) is 23.8 Å². The summed E-state index contributed by atoms with van der Waals surface area (Å²) in [5, 5.41) is 0. The summed E-state index contributed by atoms with van der Waals surface area (Å²) in [4.78, 5) is 16.9. The first-order valence-corrected chi connectivity index (χ1v) is 11.4. The van der Waals surface area contributed by atoms with Crippen LogP contribution in [0, 0.1) is 13.8 Å². The largest absolute Gasteiger partial charge is 0.340 e. The molecule has 7 heteroatoms. The molecule has 0 bridgehead atoms. The van der Waals surface area contributed by atoms with Gasteiger partial charge >= 0.3 is 0 Å². The maximum absolute atomic E-state index is 12.5. The molecular weight excluding hydrogens is 386 g/mol. The van der Waals surface area contributed by atoms with Gasteiger partial charge in [0.2, 0.25) is 15.9 Å². The Morgan fingerprint density at radius 1 is 0.966 bits per heavy atom. The number of carbonyl (C=O) groups is 1. The van der Waals surface area contributed by atoms with Crippen LogP contribution in [-0.4, -0.2) is 56.8 Å². The molecule has 0 spiro atoms. The van der Waals surface area contributed by atoms with Crippen molar-refractivity contribution in [3.8, 4) is 0 Å². The molecule has 1 N–H and O–H groups in total. The molecule has 2 aromatic carbocycles. The lowest BCUT2D eigenvalue weighted by Gasteiger charge is -2.34. The summed E-state index contributed by atoms with van der Waals surface area (Å²) < 4.78 is 27.4. The number of hydrogen-bond acceptors (Lipinski definition) is 4. The highest BCUT2D eigenvalue weighted by molar-refractivity contribution is 7.89. The zero-order valence-corrected chi connectivity index (χ0v) is 17.9. The number of amides is 1. The topological polar surface area (TPSA) is 69.7 Å². The summed E-state index contributed by atoms with van der Waals surface area (Å²) in [5.74, 6) is -0.00727. The quantitative estimate of drug-likeness (QED) is 0.754. The first kappa shape index (κ1) is 21.5. The smallest absolute Gasteiger partial charge is 0.240 e. The molecule has 3 rings (SSSR count). The molecular formula is C22H29N3O3S. The zero-order chi connectivity index (χ0) is 20.9. The molecule has 1 aliphatic rings. The molecule has 1 aliphatic heterocycles. The molecule has 0 aliphatic carbocycles. The monoisotopic (exact) mass is 415 g/mol. The van der Waals surface area contributed by atoms with Gasteiger partial charge in [0.15, 0.2) is 0 Å². The number of carbonyl (C=O) groups excluding carboxylic acids is 1. The third kappa shape index (κ3) is 5.88. The van der Waals surface area contributed by atoms with Crippen LogP contribution in [0.25, 0.3) is 0 Å². The summed E-state index contributed by atoms with van der Waals surface area (Å²) in [5.41, 5.74) is 3.25. The number of hydrogen-bond donors (Lipinski definition) is 1. The average molecular weight is 416 g/mol. The first-order chi connectivity index (χ1) is 13.8. The Kier molecular flexibility index (Phi) is 7.05. The van der Waals surface area contributed by atoms with Gasteiger partial charge in [0.25, 0.3) is 0 Å². The Morgan fingerprint density at radius 2 is 1.66 bits per heavy atom. The van der Waals surface area contributed by atoms with Gasteiger partial charge < -0.3 is 4.90 Å². The number of nitrogens with zero attached hydrogens (tertiary/aromatic N) is 2. The fraction of sp³-hybridized carbons (Fsp3) is 0.409. The second-order valence-electron chi connectivity index (χ2n) is 7.54. The van der Waals surface area contributed by atoms with Gasteiger partial charge in [0, 0.05) is 45.7 Å². The van der Waals surface area contributed by atoms with Crippen LogP contribution in [0.2, 0.25) is 0 Å². The van der Waals surface area contributed by atoms with Crippen molar-refractivity contribution >= 4 is 15.9 Å². The Labute approximate surface area is 173 Å². The maximum Gasteiger partial charge on any atom is 0.240 e. The highest BCUT2D eigenvalue weighted by atomic mass is 32.2. The third-order valence-corrected chi connectivity index (χ3v) is 6.85. The van der Waals surface area contributed by atoms with Crippen LogP contribution in [0.15, 0.2) is 53.4 Å². The molecule has 1 heterocycles. The van der Waals surface area contributed by atoms with E-state index in [0.29, 0.717) is 13.1 Å². The van der Waals surface area contributed by atoms with Crippen LogP contribution in [0.5, 0.6) is 0 Å². The maximum atomic E-state index is 12.5. The molecule has 1 saturated heterocycles. The first-order valence-electron chi connectivity index (χ1n) is 9.96. The van der Waals surface area contributed by atoms with E-state index in [1.54, 1.807) is 18.2 Å². The van der Waals surface area contributed by atoms with Crippen molar-refractivity contribution in [2.45, 2.75) is 31.7 Å². The van der Waals surface area contributed by atoms with Gasteiger partial charge in [-0.1, -0.05) is 36.4 Å². The summed E-state index contributed by atoms with van der Waals surface area (Å²) >= 11 is 0. The minimum absolute atomic E-state index is 0.00727. The summed E-state index contributed by atoms with van der Waals surface area (Å²) in [6.45, 7) is 7.83. The molecule has 156 valence electrons. The molecule has 1 amide bonds. The van der Waals surface area contributed by atoms with Gasteiger partial charge in [-0.3, -0.25) is 9.69 Å². The van der Waals surface area contributed by atoms with Gasteiger partial charge in [0.05, 0.1) is 4.90 Å². The van der Waals surface area contributed by atoms with Crippen LogP contribution in [0.3, 0.4) is 0 Å². The summed E-state index contributed by atoms with van der Waals surface area (Å²) in [6, 6.07) is 15.3. The van der Waals surface area contributed by atoms with E-state index in [2.05, 4.69) is 21.8 Å². The van der Waals surface area contributed by atoms with Crippen molar-refractivity contribution < 1.29 is 13.2 Å². The second kappa shape index (κ2) is 9.52. The SMILES string of the molecule is Cc1ccc(S(=O)(=O)NCCC(=O)N2CCN(Cc3ccccc3)CC2)cc1C. The average Bonchev–Trinajstić information content (AvgIpc) is 2.71. The van der Waals surface area contributed by atoms with Crippen LogP contribution < -0.4 is 4.72 Å².